The molecule has 0 saturated heterocycles. The van der Waals surface area contributed by atoms with Crippen LogP contribution in [-0.2, 0) is 39.0 Å². The van der Waals surface area contributed by atoms with Gasteiger partial charge < -0.3 is 24.8 Å². The Labute approximate surface area is 210 Å². The molecule has 0 nitrogen and oxygen atoms in total. The number of rotatable bonds is 2. The van der Waals surface area contributed by atoms with E-state index in [2.05, 4.69) is 82.0 Å². The van der Waals surface area contributed by atoms with E-state index in [1.807, 2.05) is 0 Å². The van der Waals surface area contributed by atoms with E-state index in [4.69, 9.17) is 0 Å². The summed E-state index contributed by atoms with van der Waals surface area (Å²) in [4.78, 5) is 0. The Bertz CT molecular complexity index is 824. The van der Waals surface area contributed by atoms with Gasteiger partial charge in [-0.1, -0.05) is 87.6 Å². The second-order valence-corrected chi connectivity index (χ2v) is 13.8. The third-order valence-electron chi connectivity index (χ3n) is 5.50. The van der Waals surface area contributed by atoms with Crippen molar-refractivity contribution in [2.45, 2.75) is 65.6 Å². The number of benzene rings is 1. The van der Waals surface area contributed by atoms with Crippen molar-refractivity contribution in [3.8, 4) is 11.1 Å². The van der Waals surface area contributed by atoms with Gasteiger partial charge in [0.15, 0.2) is 0 Å². The van der Waals surface area contributed by atoms with E-state index in [0.717, 1.165) is 6.42 Å². The van der Waals surface area contributed by atoms with Crippen LogP contribution in [0.3, 0.4) is 0 Å². The van der Waals surface area contributed by atoms with Gasteiger partial charge >= 0.3 is 26.2 Å². The van der Waals surface area contributed by atoms with Crippen LogP contribution in [0, 0.1) is 19.9 Å². The number of aryl methyl sites for hydroxylation is 3. The Morgan fingerprint density at radius 1 is 0.931 bits per heavy atom. The topological polar surface area (TPSA) is 0 Å². The predicted molar refractivity (Wildman–Crippen MR) is 117 cm³/mol. The number of halogens is 2. The summed E-state index contributed by atoms with van der Waals surface area (Å²) in [7, 11) is -0.981. The normalized spacial score (nSPS) is 14.3. The molecule has 4 heteroatoms. The van der Waals surface area contributed by atoms with Crippen molar-refractivity contribution < 1.29 is 51.0 Å². The standard InChI is InChI=1S/C17H19.C8H13Si.2ClH.Zr/c1-12-7-9-14(10-8-12)17-13(2)11-15-5-3-4-6-16(15)17;1-9(2,3)8-6-4-5-7-8;;;/h7-11H,3-6H2,1-2H3;6-7H,4H2,1-3H3;2*1H;/q2*-1;;;+4/p-2. The second-order valence-electron chi connectivity index (χ2n) is 8.74. The minimum Gasteiger partial charge on any atom is -1.00 e. The molecule has 0 saturated carbocycles. The molecule has 2 aromatic rings. The zero-order valence-electron chi connectivity index (χ0n) is 18.3. The number of hydrogen-bond acceptors (Lipinski definition) is 0. The molecule has 0 amide bonds. The summed E-state index contributed by atoms with van der Waals surface area (Å²) in [6, 6.07) is 11.4. The minimum atomic E-state index is -0.981. The van der Waals surface area contributed by atoms with E-state index in [9.17, 15) is 0 Å². The second kappa shape index (κ2) is 12.6. The van der Waals surface area contributed by atoms with E-state index in [0.29, 0.717) is 0 Å². The first kappa shape index (κ1) is 28.7. The average molecular weight is 523 g/mol. The Morgan fingerprint density at radius 3 is 2.07 bits per heavy atom. The molecule has 2 aliphatic rings. The van der Waals surface area contributed by atoms with Gasteiger partial charge in [-0.2, -0.15) is 34.4 Å². The van der Waals surface area contributed by atoms with Gasteiger partial charge in [-0.25, -0.2) is 11.3 Å². The molecule has 0 heterocycles. The molecule has 0 aliphatic heterocycles. The molecule has 2 aliphatic carbocycles. The largest absolute Gasteiger partial charge is 4.00 e. The molecule has 0 atom stereocenters. The van der Waals surface area contributed by atoms with Crippen LogP contribution in [0.4, 0.5) is 0 Å². The maximum Gasteiger partial charge on any atom is 4.00 e. The third-order valence-corrected chi connectivity index (χ3v) is 7.58. The van der Waals surface area contributed by atoms with Crippen molar-refractivity contribution in [3.05, 3.63) is 76.0 Å². The maximum atomic E-state index is 3.20. The maximum absolute atomic E-state index is 3.20. The van der Waals surface area contributed by atoms with Gasteiger partial charge in [0.25, 0.3) is 0 Å². The van der Waals surface area contributed by atoms with E-state index in [-0.39, 0.29) is 51.0 Å². The molecule has 0 unspecified atom stereocenters. The van der Waals surface area contributed by atoms with Gasteiger partial charge in [0.2, 0.25) is 0 Å². The molecule has 0 N–H and O–H groups in total. The van der Waals surface area contributed by atoms with Crippen LogP contribution in [0.15, 0.2) is 47.7 Å². The summed E-state index contributed by atoms with van der Waals surface area (Å²) in [5, 5.41) is 1.56. The molecule has 0 radical (unpaired) electrons. The van der Waals surface area contributed by atoms with E-state index >= 15 is 0 Å². The van der Waals surface area contributed by atoms with Gasteiger partial charge in [-0.3, -0.25) is 6.08 Å². The zero-order chi connectivity index (χ0) is 18.7. The quantitative estimate of drug-likeness (QED) is 0.410. The summed E-state index contributed by atoms with van der Waals surface area (Å²) < 4.78 is 0. The molecule has 154 valence electrons. The van der Waals surface area contributed by atoms with Crippen LogP contribution in [0.25, 0.3) is 11.1 Å². The zero-order valence-corrected chi connectivity index (χ0v) is 23.3. The van der Waals surface area contributed by atoms with Gasteiger partial charge in [-0.05, 0) is 15.0 Å². The monoisotopic (exact) mass is 520 g/mol. The molecule has 0 fully saturated rings. The van der Waals surface area contributed by atoms with Crippen molar-refractivity contribution in [2.75, 3.05) is 0 Å². The van der Waals surface area contributed by atoms with Crippen LogP contribution in [0.1, 0.15) is 41.5 Å². The number of allylic oxidation sites excluding steroid dienone is 4. The molecule has 0 spiro atoms. The van der Waals surface area contributed by atoms with Gasteiger partial charge in [0.1, 0.15) is 0 Å². The fourth-order valence-electron chi connectivity index (χ4n) is 3.99. The Hall–Kier alpha value is -0.270. The van der Waals surface area contributed by atoms with Crippen molar-refractivity contribution in [1.29, 1.82) is 0 Å². The summed E-state index contributed by atoms with van der Waals surface area (Å²) in [5.41, 5.74) is 8.94. The van der Waals surface area contributed by atoms with E-state index in [1.54, 1.807) is 16.3 Å². The fourth-order valence-corrected chi connectivity index (χ4v) is 5.24. The Balaban J connectivity index is 0.000000569. The fraction of sp³-hybridized carbons (Fsp3) is 0.400. The Morgan fingerprint density at radius 2 is 1.55 bits per heavy atom. The summed E-state index contributed by atoms with van der Waals surface area (Å²) >= 11 is 0. The van der Waals surface area contributed by atoms with Crippen LogP contribution in [0.2, 0.25) is 19.6 Å². The first-order valence-corrected chi connectivity index (χ1v) is 13.5. The molecule has 2 aromatic carbocycles. The Kier molecular flexibility index (Phi) is 12.4. The number of fused-ring (bicyclic) bond motifs is 1. The first-order valence-electron chi connectivity index (χ1n) is 9.98. The average Bonchev–Trinajstić information content (AvgIpc) is 3.23. The van der Waals surface area contributed by atoms with Gasteiger partial charge in [0.05, 0.1) is 0 Å². The summed E-state index contributed by atoms with van der Waals surface area (Å²) in [5.74, 6) is 0. The predicted octanol–water partition coefficient (Wildman–Crippen LogP) is 1.13. The van der Waals surface area contributed by atoms with Crippen LogP contribution in [0.5, 0.6) is 0 Å². The molecule has 29 heavy (non-hydrogen) atoms. The molecule has 0 bridgehead atoms. The summed E-state index contributed by atoms with van der Waals surface area (Å²) in [6.45, 7) is 11.5. The van der Waals surface area contributed by atoms with Gasteiger partial charge in [-0.15, -0.1) is 6.42 Å². The molecular formula is C25H32Cl2SiZr. The van der Waals surface area contributed by atoms with E-state index in [1.165, 1.54) is 47.9 Å². The van der Waals surface area contributed by atoms with Crippen LogP contribution in [-0.4, -0.2) is 8.07 Å². The van der Waals surface area contributed by atoms with Crippen LogP contribution >= 0.6 is 0 Å². The van der Waals surface area contributed by atoms with Crippen molar-refractivity contribution in [2.24, 2.45) is 0 Å². The first-order chi connectivity index (χ1) is 12.4. The van der Waals surface area contributed by atoms with Crippen molar-refractivity contribution in [3.63, 3.8) is 0 Å². The molecular weight excluding hydrogens is 490 g/mol. The van der Waals surface area contributed by atoms with E-state index < -0.39 is 8.07 Å². The molecule has 0 aromatic heterocycles. The van der Waals surface area contributed by atoms with Crippen LogP contribution < -0.4 is 24.8 Å². The van der Waals surface area contributed by atoms with Gasteiger partial charge in [0, 0.05) is 0 Å². The molecule has 4 rings (SSSR count). The van der Waals surface area contributed by atoms with Crippen molar-refractivity contribution >= 4 is 8.07 Å². The minimum absolute atomic E-state index is 0. The third kappa shape index (κ3) is 7.42. The SMILES string of the molecule is C[Si](C)(C)C1=CC[C-]=C1.Cc1ccc(-c2c(C)[cH-]c3c2CCCC3)cc1.[Cl-].[Cl-].[Zr+4]. The smallest absolute Gasteiger partial charge is 1.00 e. The summed E-state index contributed by atoms with van der Waals surface area (Å²) in [6.07, 6.45) is 14.0. The van der Waals surface area contributed by atoms with Crippen molar-refractivity contribution in [1.82, 2.24) is 0 Å². The number of hydrogen-bond donors (Lipinski definition) is 0.